The Labute approximate surface area is 209 Å². The molecule has 6 heteroatoms. The number of amides is 2. The number of ether oxygens (including phenoxy) is 1. The van der Waals surface area contributed by atoms with Crippen LogP contribution in [0.4, 0.5) is 0 Å². The number of rotatable bonds is 7. The van der Waals surface area contributed by atoms with Crippen LogP contribution in [0, 0.1) is 5.92 Å². The second kappa shape index (κ2) is 11.3. The lowest BCUT2D eigenvalue weighted by molar-refractivity contribution is -0.132. The van der Waals surface area contributed by atoms with Crippen molar-refractivity contribution >= 4 is 27.7 Å². The van der Waals surface area contributed by atoms with Crippen LogP contribution >= 0.6 is 15.9 Å². The molecular formula is C28H29BrN2O3. The quantitative estimate of drug-likeness (QED) is 0.418. The molecule has 3 aromatic carbocycles. The van der Waals surface area contributed by atoms with Gasteiger partial charge in [0.15, 0.2) is 0 Å². The van der Waals surface area contributed by atoms with Crippen molar-refractivity contribution in [1.29, 1.82) is 0 Å². The summed E-state index contributed by atoms with van der Waals surface area (Å²) in [4.78, 5) is 29.9. The number of carbonyl (C=O) groups excluding carboxylic acids is 2. The fourth-order valence-corrected chi connectivity index (χ4v) is 4.73. The SMILES string of the molecule is CN(Cc1ccccc1)C(=O)C[C@H]1CN(C(=O)c2ccccc2)CC[C@@H]1Oc1cccc(Br)c1. The summed E-state index contributed by atoms with van der Waals surface area (Å²) in [5, 5.41) is 0. The highest BCUT2D eigenvalue weighted by Crippen LogP contribution is 2.28. The van der Waals surface area contributed by atoms with Crippen LogP contribution in [0.1, 0.15) is 28.8 Å². The van der Waals surface area contributed by atoms with Gasteiger partial charge in [-0.3, -0.25) is 9.59 Å². The first-order chi connectivity index (χ1) is 16.5. The number of carbonyl (C=O) groups is 2. The van der Waals surface area contributed by atoms with Crippen molar-refractivity contribution in [2.45, 2.75) is 25.5 Å². The van der Waals surface area contributed by atoms with Gasteiger partial charge in [0.1, 0.15) is 11.9 Å². The zero-order chi connectivity index (χ0) is 23.9. The highest BCUT2D eigenvalue weighted by atomic mass is 79.9. The van der Waals surface area contributed by atoms with E-state index in [0.717, 1.165) is 15.8 Å². The number of hydrogen-bond acceptors (Lipinski definition) is 3. The Morgan fingerprint density at radius 2 is 1.71 bits per heavy atom. The number of benzene rings is 3. The van der Waals surface area contributed by atoms with Crippen LogP contribution in [0.15, 0.2) is 89.4 Å². The maximum absolute atomic E-state index is 13.2. The monoisotopic (exact) mass is 520 g/mol. The zero-order valence-corrected chi connectivity index (χ0v) is 20.9. The third-order valence-corrected chi connectivity index (χ3v) is 6.67. The second-order valence-electron chi connectivity index (χ2n) is 8.72. The van der Waals surface area contributed by atoms with E-state index in [4.69, 9.17) is 4.74 Å². The molecule has 1 aliphatic rings. The Kier molecular flexibility index (Phi) is 8.01. The fourth-order valence-electron chi connectivity index (χ4n) is 4.35. The van der Waals surface area contributed by atoms with Crippen molar-refractivity contribution in [3.63, 3.8) is 0 Å². The van der Waals surface area contributed by atoms with Gasteiger partial charge in [0.05, 0.1) is 0 Å². The molecule has 5 nitrogen and oxygen atoms in total. The summed E-state index contributed by atoms with van der Waals surface area (Å²) >= 11 is 3.49. The topological polar surface area (TPSA) is 49.9 Å². The molecule has 0 aliphatic carbocycles. The maximum atomic E-state index is 13.2. The fraction of sp³-hybridized carbons (Fsp3) is 0.286. The van der Waals surface area contributed by atoms with Gasteiger partial charge in [0, 0.05) is 55.5 Å². The molecule has 0 N–H and O–H groups in total. The van der Waals surface area contributed by atoms with Gasteiger partial charge in [-0.2, -0.15) is 0 Å². The molecule has 0 aromatic heterocycles. The zero-order valence-electron chi connectivity index (χ0n) is 19.3. The summed E-state index contributed by atoms with van der Waals surface area (Å²) in [6.45, 7) is 1.63. The smallest absolute Gasteiger partial charge is 0.253 e. The van der Waals surface area contributed by atoms with Crippen molar-refractivity contribution in [1.82, 2.24) is 9.80 Å². The van der Waals surface area contributed by atoms with E-state index in [2.05, 4.69) is 15.9 Å². The van der Waals surface area contributed by atoms with Crippen LogP contribution in [0.5, 0.6) is 5.75 Å². The summed E-state index contributed by atoms with van der Waals surface area (Å²) in [6.07, 6.45) is 0.842. The first-order valence-electron chi connectivity index (χ1n) is 11.5. The molecule has 0 bridgehead atoms. The predicted octanol–water partition coefficient (Wildman–Crippen LogP) is 5.41. The Balaban J connectivity index is 1.48. The van der Waals surface area contributed by atoms with E-state index in [9.17, 15) is 9.59 Å². The van der Waals surface area contributed by atoms with Gasteiger partial charge >= 0.3 is 0 Å². The lowest BCUT2D eigenvalue weighted by Gasteiger charge is -2.39. The van der Waals surface area contributed by atoms with Crippen molar-refractivity contribution < 1.29 is 14.3 Å². The molecule has 1 aliphatic heterocycles. The maximum Gasteiger partial charge on any atom is 0.253 e. The second-order valence-corrected chi connectivity index (χ2v) is 9.63. The Morgan fingerprint density at radius 3 is 2.41 bits per heavy atom. The number of hydrogen-bond donors (Lipinski definition) is 0. The number of halogens is 1. The summed E-state index contributed by atoms with van der Waals surface area (Å²) in [6, 6.07) is 27.0. The van der Waals surface area contributed by atoms with E-state index in [1.165, 1.54) is 0 Å². The Bertz CT molecular complexity index is 1110. The van der Waals surface area contributed by atoms with Crippen molar-refractivity contribution in [2.75, 3.05) is 20.1 Å². The van der Waals surface area contributed by atoms with Gasteiger partial charge in [0.25, 0.3) is 5.91 Å². The summed E-state index contributed by atoms with van der Waals surface area (Å²) in [5.74, 6) is 0.700. The minimum absolute atomic E-state index is 0.00315. The molecule has 2 amide bonds. The van der Waals surface area contributed by atoms with Crippen LogP contribution in [0.2, 0.25) is 0 Å². The van der Waals surface area contributed by atoms with Crippen molar-refractivity contribution in [3.8, 4) is 5.75 Å². The van der Waals surface area contributed by atoms with E-state index in [1.807, 2.05) is 96.9 Å². The molecule has 4 rings (SSSR count). The van der Waals surface area contributed by atoms with Gasteiger partial charge < -0.3 is 14.5 Å². The molecule has 1 heterocycles. The first-order valence-corrected chi connectivity index (χ1v) is 12.3. The van der Waals surface area contributed by atoms with Crippen LogP contribution < -0.4 is 4.74 Å². The van der Waals surface area contributed by atoms with Crippen molar-refractivity contribution in [3.05, 3.63) is 101 Å². The van der Waals surface area contributed by atoms with E-state index in [0.29, 0.717) is 38.0 Å². The molecule has 1 saturated heterocycles. The molecular weight excluding hydrogens is 492 g/mol. The minimum Gasteiger partial charge on any atom is -0.490 e. The molecule has 0 radical (unpaired) electrons. The number of piperidine rings is 1. The predicted molar refractivity (Wildman–Crippen MR) is 137 cm³/mol. The average molecular weight is 521 g/mol. The van der Waals surface area contributed by atoms with Crippen molar-refractivity contribution in [2.24, 2.45) is 5.92 Å². The van der Waals surface area contributed by atoms with Crippen LogP contribution in [0.3, 0.4) is 0 Å². The normalized spacial score (nSPS) is 17.8. The van der Waals surface area contributed by atoms with Crippen LogP contribution in [-0.2, 0) is 11.3 Å². The number of nitrogens with zero attached hydrogens (tertiary/aromatic N) is 2. The minimum atomic E-state index is -0.150. The van der Waals surface area contributed by atoms with E-state index in [-0.39, 0.29) is 23.8 Å². The molecule has 3 aromatic rings. The molecule has 2 atom stereocenters. The summed E-state index contributed by atoms with van der Waals surface area (Å²) in [5.41, 5.74) is 1.75. The number of likely N-dealkylation sites (tertiary alicyclic amines) is 1. The molecule has 0 spiro atoms. The van der Waals surface area contributed by atoms with Gasteiger partial charge in [-0.25, -0.2) is 0 Å². The van der Waals surface area contributed by atoms with Gasteiger partial charge in [-0.1, -0.05) is 70.5 Å². The first kappa shape index (κ1) is 24.0. The molecule has 0 saturated carbocycles. The summed E-state index contributed by atoms with van der Waals surface area (Å²) in [7, 11) is 1.83. The van der Waals surface area contributed by atoms with E-state index < -0.39 is 0 Å². The third kappa shape index (κ3) is 6.26. The van der Waals surface area contributed by atoms with Gasteiger partial charge in [-0.15, -0.1) is 0 Å². The van der Waals surface area contributed by atoms with Gasteiger partial charge in [-0.05, 0) is 35.9 Å². The highest BCUT2D eigenvalue weighted by Gasteiger charge is 2.35. The van der Waals surface area contributed by atoms with Crippen LogP contribution in [-0.4, -0.2) is 47.9 Å². The molecule has 1 fully saturated rings. The van der Waals surface area contributed by atoms with Gasteiger partial charge in [0.2, 0.25) is 5.91 Å². The molecule has 176 valence electrons. The lowest BCUT2D eigenvalue weighted by atomic mass is 9.90. The Hall–Kier alpha value is -3.12. The molecule has 0 unspecified atom stereocenters. The highest BCUT2D eigenvalue weighted by molar-refractivity contribution is 9.10. The Morgan fingerprint density at radius 1 is 1.00 bits per heavy atom. The standard InChI is InChI=1S/C28H29BrN2O3/c1-30(19-21-9-4-2-5-10-21)27(32)17-23-20-31(28(33)22-11-6-3-7-12-22)16-15-26(23)34-25-14-8-13-24(29)18-25/h2-14,18,23,26H,15-17,19-20H2,1H3/t23-,26-/m0/s1. The third-order valence-electron chi connectivity index (χ3n) is 6.18. The van der Waals surface area contributed by atoms with E-state index >= 15 is 0 Å². The molecule has 34 heavy (non-hydrogen) atoms. The van der Waals surface area contributed by atoms with E-state index in [1.54, 1.807) is 4.90 Å². The lowest BCUT2D eigenvalue weighted by Crippen LogP contribution is -2.49. The largest absolute Gasteiger partial charge is 0.490 e. The average Bonchev–Trinajstić information content (AvgIpc) is 2.86. The summed E-state index contributed by atoms with van der Waals surface area (Å²) < 4.78 is 7.28. The van der Waals surface area contributed by atoms with Crippen LogP contribution in [0.25, 0.3) is 0 Å².